The number of hydrogen-bond acceptors (Lipinski definition) is 4. The normalized spacial score (nSPS) is 22.6. The number of amides is 1. The van der Waals surface area contributed by atoms with Crippen molar-refractivity contribution in [2.75, 3.05) is 26.2 Å². The Bertz CT molecular complexity index is 1610. The Morgan fingerprint density at radius 3 is 2.58 bits per heavy atom. The lowest BCUT2D eigenvalue weighted by Crippen LogP contribution is -2.53. The van der Waals surface area contributed by atoms with Crippen LogP contribution < -0.4 is 5.56 Å². The summed E-state index contributed by atoms with van der Waals surface area (Å²) in [5, 5.41) is 6.20. The van der Waals surface area contributed by atoms with Gasteiger partial charge in [0.1, 0.15) is 0 Å². The first-order chi connectivity index (χ1) is 19.5. The molecular formula is C33H39N5O2. The van der Waals surface area contributed by atoms with Crippen molar-refractivity contribution in [2.45, 2.75) is 70.9 Å². The smallest absolute Gasteiger partial charge is 0.259 e. The van der Waals surface area contributed by atoms with Crippen molar-refractivity contribution in [1.29, 1.82) is 0 Å². The second-order valence-corrected chi connectivity index (χ2v) is 12.6. The molecule has 1 amide bonds. The number of H-pyrrole nitrogens is 1. The van der Waals surface area contributed by atoms with Gasteiger partial charge < -0.3 is 9.88 Å². The van der Waals surface area contributed by atoms with Gasteiger partial charge in [0.15, 0.2) is 0 Å². The number of aromatic nitrogens is 3. The molecule has 7 heteroatoms. The van der Waals surface area contributed by atoms with Crippen molar-refractivity contribution in [2.24, 2.45) is 5.41 Å². The van der Waals surface area contributed by atoms with Gasteiger partial charge in [-0.2, -0.15) is 5.10 Å². The molecule has 1 unspecified atom stereocenters. The molecule has 2 aromatic heterocycles. The van der Waals surface area contributed by atoms with Crippen LogP contribution in [0.25, 0.3) is 21.8 Å². The summed E-state index contributed by atoms with van der Waals surface area (Å²) in [4.78, 5) is 34.8. The van der Waals surface area contributed by atoms with Crippen LogP contribution >= 0.6 is 0 Å². The molecule has 1 saturated carbocycles. The van der Waals surface area contributed by atoms with Gasteiger partial charge in [-0.15, -0.1) is 0 Å². The van der Waals surface area contributed by atoms with E-state index >= 15 is 0 Å². The highest BCUT2D eigenvalue weighted by Gasteiger charge is 2.40. The number of likely N-dealkylation sites (tertiary alicyclic amines) is 2. The number of piperidine rings is 2. The second kappa shape index (κ2) is 10.2. The maximum absolute atomic E-state index is 14.2. The highest BCUT2D eigenvalue weighted by molar-refractivity contribution is 6.07. The lowest BCUT2D eigenvalue weighted by Gasteiger charge is -2.48. The largest absolute Gasteiger partial charge is 0.338 e. The maximum Gasteiger partial charge on any atom is 0.259 e. The Hall–Kier alpha value is -3.45. The maximum atomic E-state index is 14.2. The summed E-state index contributed by atoms with van der Waals surface area (Å²) in [6, 6.07) is 15.1. The number of rotatable bonds is 4. The van der Waals surface area contributed by atoms with E-state index in [1.807, 2.05) is 19.1 Å². The Kier molecular flexibility index (Phi) is 6.50. The van der Waals surface area contributed by atoms with E-state index in [1.165, 1.54) is 37.7 Å². The minimum atomic E-state index is -0.111. The van der Waals surface area contributed by atoms with Gasteiger partial charge >= 0.3 is 0 Å². The number of pyridine rings is 1. The topological polar surface area (TPSA) is 74.2 Å². The average Bonchev–Trinajstić information content (AvgIpc) is 3.64. The van der Waals surface area contributed by atoms with Crippen LogP contribution in [-0.4, -0.2) is 56.7 Å². The van der Waals surface area contributed by atoms with Crippen LogP contribution in [0.3, 0.4) is 0 Å². The number of carbonyl (C=O) groups is 1. The molecule has 2 aromatic carbocycles. The SMILES string of the molecule is Cc1cc2[nH]c(=O)c3cnn(C4CCCC4)c3c2cc1C(=O)N1CCCC2(CCCN(Cc3ccccc3)C2)C1. The second-order valence-electron chi connectivity index (χ2n) is 12.6. The molecular weight excluding hydrogens is 498 g/mol. The lowest BCUT2D eigenvalue weighted by atomic mass is 9.73. The van der Waals surface area contributed by atoms with Crippen LogP contribution in [0.1, 0.15) is 78.9 Å². The first kappa shape index (κ1) is 25.5. The van der Waals surface area contributed by atoms with Crippen LogP contribution in [0.15, 0.2) is 53.5 Å². The van der Waals surface area contributed by atoms with Crippen LogP contribution in [0, 0.1) is 12.3 Å². The quantitative estimate of drug-likeness (QED) is 0.356. The van der Waals surface area contributed by atoms with Crippen molar-refractivity contribution in [3.63, 3.8) is 0 Å². The van der Waals surface area contributed by atoms with Gasteiger partial charge in [-0.25, -0.2) is 0 Å². The first-order valence-corrected chi connectivity index (χ1v) is 15.1. The van der Waals surface area contributed by atoms with E-state index in [2.05, 4.69) is 54.9 Å². The molecule has 4 aromatic rings. The fourth-order valence-electron chi connectivity index (χ4n) is 7.82. The van der Waals surface area contributed by atoms with E-state index in [4.69, 9.17) is 0 Å². The Morgan fingerprint density at radius 2 is 1.77 bits per heavy atom. The molecule has 4 heterocycles. The van der Waals surface area contributed by atoms with Gasteiger partial charge in [0, 0.05) is 42.5 Å². The van der Waals surface area contributed by atoms with E-state index in [1.54, 1.807) is 6.20 Å². The molecule has 0 bridgehead atoms. The highest BCUT2D eigenvalue weighted by Crippen LogP contribution is 2.40. The molecule has 1 atom stereocenters. The van der Waals surface area contributed by atoms with E-state index in [0.717, 1.165) is 79.5 Å². The van der Waals surface area contributed by atoms with Crippen LogP contribution in [0.2, 0.25) is 0 Å². The molecule has 0 radical (unpaired) electrons. The summed E-state index contributed by atoms with van der Waals surface area (Å²) < 4.78 is 2.06. The van der Waals surface area contributed by atoms with Crippen LogP contribution in [0.5, 0.6) is 0 Å². The molecule has 7 nitrogen and oxygen atoms in total. The Morgan fingerprint density at radius 1 is 1.00 bits per heavy atom. The Labute approximate surface area is 235 Å². The van der Waals surface area contributed by atoms with E-state index in [0.29, 0.717) is 11.4 Å². The summed E-state index contributed by atoms with van der Waals surface area (Å²) in [5.74, 6) is 0.116. The molecule has 2 saturated heterocycles. The summed E-state index contributed by atoms with van der Waals surface area (Å²) in [6.45, 7) is 6.75. The van der Waals surface area contributed by atoms with Crippen molar-refractivity contribution >= 4 is 27.7 Å². The molecule has 1 N–H and O–H groups in total. The molecule has 1 spiro atoms. The highest BCUT2D eigenvalue weighted by atomic mass is 16.2. The van der Waals surface area contributed by atoms with Crippen molar-refractivity contribution in [3.8, 4) is 0 Å². The third-order valence-corrected chi connectivity index (χ3v) is 9.75. The summed E-state index contributed by atoms with van der Waals surface area (Å²) >= 11 is 0. The third kappa shape index (κ3) is 4.54. The molecule has 2 aliphatic heterocycles. The number of benzene rings is 2. The van der Waals surface area contributed by atoms with Gasteiger partial charge in [-0.05, 0) is 75.3 Å². The zero-order valence-corrected chi connectivity index (χ0v) is 23.5. The standard InChI is InChI=1S/C33H39N5O2/c1-23-17-29-27(30-28(31(39)35-29)19-34-38(30)25-11-5-6-12-25)18-26(23)32(40)37-16-8-14-33(22-37)13-7-15-36(21-33)20-24-9-3-2-4-10-24/h2-4,9-10,17-19,25H,5-8,11-16,20-22H2,1H3,(H,35,39). The summed E-state index contributed by atoms with van der Waals surface area (Å²) in [5.41, 5.74) is 4.72. The molecule has 208 valence electrons. The number of nitrogens with one attached hydrogen (secondary N) is 1. The van der Waals surface area contributed by atoms with Gasteiger partial charge in [0.2, 0.25) is 0 Å². The summed E-state index contributed by atoms with van der Waals surface area (Å²) in [7, 11) is 0. The third-order valence-electron chi connectivity index (χ3n) is 9.75. The minimum absolute atomic E-state index is 0.111. The van der Waals surface area contributed by atoms with Gasteiger partial charge in [-0.1, -0.05) is 43.2 Å². The predicted octanol–water partition coefficient (Wildman–Crippen LogP) is 5.82. The predicted molar refractivity (Wildman–Crippen MR) is 159 cm³/mol. The fourth-order valence-corrected chi connectivity index (χ4v) is 7.82. The summed E-state index contributed by atoms with van der Waals surface area (Å²) in [6.07, 6.45) is 10.8. The van der Waals surface area contributed by atoms with Crippen LogP contribution in [0.4, 0.5) is 0 Å². The van der Waals surface area contributed by atoms with Gasteiger partial charge in [-0.3, -0.25) is 19.2 Å². The number of nitrogens with zero attached hydrogens (tertiary/aromatic N) is 4. The lowest BCUT2D eigenvalue weighted by molar-refractivity contribution is 0.0113. The van der Waals surface area contributed by atoms with Gasteiger partial charge in [0.05, 0.1) is 28.7 Å². The monoisotopic (exact) mass is 537 g/mol. The number of aryl methyl sites for hydroxylation is 1. The Balaban J connectivity index is 1.19. The number of carbonyl (C=O) groups excluding carboxylic acids is 1. The van der Waals surface area contributed by atoms with Crippen molar-refractivity contribution in [3.05, 3.63) is 75.7 Å². The number of hydrogen-bond donors (Lipinski definition) is 1. The molecule has 1 aliphatic carbocycles. The number of aromatic amines is 1. The van der Waals surface area contributed by atoms with Crippen molar-refractivity contribution < 1.29 is 4.79 Å². The number of fused-ring (bicyclic) bond motifs is 3. The molecule has 3 aliphatic rings. The zero-order chi connectivity index (χ0) is 27.3. The minimum Gasteiger partial charge on any atom is -0.338 e. The van der Waals surface area contributed by atoms with Gasteiger partial charge in [0.25, 0.3) is 11.5 Å². The van der Waals surface area contributed by atoms with E-state index in [-0.39, 0.29) is 16.9 Å². The van der Waals surface area contributed by atoms with E-state index in [9.17, 15) is 9.59 Å². The molecule has 7 rings (SSSR count). The zero-order valence-electron chi connectivity index (χ0n) is 23.5. The average molecular weight is 538 g/mol. The van der Waals surface area contributed by atoms with Crippen molar-refractivity contribution in [1.82, 2.24) is 24.6 Å². The molecule has 3 fully saturated rings. The first-order valence-electron chi connectivity index (χ1n) is 15.1. The fraction of sp³-hybridized carbons (Fsp3) is 0.485. The van der Waals surface area contributed by atoms with E-state index < -0.39 is 0 Å². The van der Waals surface area contributed by atoms with Crippen LogP contribution in [-0.2, 0) is 6.54 Å². The molecule has 40 heavy (non-hydrogen) atoms.